The Morgan fingerprint density at radius 1 is 1.25 bits per heavy atom. The van der Waals surface area contributed by atoms with Crippen LogP contribution in [0.25, 0.3) is 0 Å². The molecule has 3 nitrogen and oxygen atoms in total. The van der Waals surface area contributed by atoms with Crippen molar-refractivity contribution in [3.63, 3.8) is 0 Å². The maximum absolute atomic E-state index is 14.0. The van der Waals surface area contributed by atoms with E-state index in [-0.39, 0.29) is 24.4 Å². The van der Waals surface area contributed by atoms with E-state index in [1.54, 1.807) is 29.2 Å². The molecular formula is C20H22FNO2. The van der Waals surface area contributed by atoms with Gasteiger partial charge in [-0.3, -0.25) is 4.79 Å². The third-order valence-electron chi connectivity index (χ3n) is 4.32. The summed E-state index contributed by atoms with van der Waals surface area (Å²) in [6.45, 7) is 3.43. The topological polar surface area (TPSA) is 29.5 Å². The van der Waals surface area contributed by atoms with Gasteiger partial charge in [0, 0.05) is 30.8 Å². The van der Waals surface area contributed by atoms with Gasteiger partial charge in [0.25, 0.3) is 5.91 Å². The number of hydrogen-bond donors (Lipinski definition) is 0. The SMILES string of the molecule is Cc1cccc(C(=O)N(Cc2ccccc2F)CC2CCCO2)c1. The molecule has 0 aliphatic carbocycles. The lowest BCUT2D eigenvalue weighted by Gasteiger charge is -2.26. The van der Waals surface area contributed by atoms with Gasteiger partial charge in [0.15, 0.2) is 0 Å². The number of rotatable bonds is 5. The summed E-state index contributed by atoms with van der Waals surface area (Å²) < 4.78 is 19.7. The minimum atomic E-state index is -0.285. The summed E-state index contributed by atoms with van der Waals surface area (Å²) >= 11 is 0. The van der Waals surface area contributed by atoms with Gasteiger partial charge in [-0.05, 0) is 38.0 Å². The highest BCUT2D eigenvalue weighted by atomic mass is 19.1. The Labute approximate surface area is 142 Å². The zero-order valence-electron chi connectivity index (χ0n) is 13.9. The summed E-state index contributed by atoms with van der Waals surface area (Å²) in [7, 11) is 0. The van der Waals surface area contributed by atoms with Crippen molar-refractivity contribution < 1.29 is 13.9 Å². The van der Waals surface area contributed by atoms with Gasteiger partial charge in [0.2, 0.25) is 0 Å². The highest BCUT2D eigenvalue weighted by molar-refractivity contribution is 5.94. The van der Waals surface area contributed by atoms with Crippen molar-refractivity contribution in [2.45, 2.75) is 32.4 Å². The van der Waals surface area contributed by atoms with E-state index in [4.69, 9.17) is 4.74 Å². The Morgan fingerprint density at radius 3 is 2.79 bits per heavy atom. The van der Waals surface area contributed by atoms with Crippen LogP contribution in [0.4, 0.5) is 4.39 Å². The number of benzene rings is 2. The quantitative estimate of drug-likeness (QED) is 0.832. The molecule has 1 heterocycles. The van der Waals surface area contributed by atoms with Crippen LogP contribution in [-0.2, 0) is 11.3 Å². The maximum Gasteiger partial charge on any atom is 0.254 e. The molecule has 1 aliphatic heterocycles. The van der Waals surface area contributed by atoms with E-state index in [1.807, 2.05) is 25.1 Å². The average Bonchev–Trinajstić information content (AvgIpc) is 3.08. The standard InChI is InChI=1S/C20H22FNO2/c1-15-6-4-8-16(12-15)20(23)22(14-18-9-5-11-24-18)13-17-7-2-3-10-19(17)21/h2-4,6-8,10,12,18H,5,9,11,13-14H2,1H3. The van der Waals surface area contributed by atoms with Gasteiger partial charge in [-0.25, -0.2) is 4.39 Å². The summed E-state index contributed by atoms with van der Waals surface area (Å²) in [5.41, 5.74) is 2.18. The van der Waals surface area contributed by atoms with Crippen molar-refractivity contribution in [1.82, 2.24) is 4.90 Å². The lowest BCUT2D eigenvalue weighted by Crippen LogP contribution is -2.37. The summed E-state index contributed by atoms with van der Waals surface area (Å²) in [6.07, 6.45) is 1.98. The third-order valence-corrected chi connectivity index (χ3v) is 4.32. The fraction of sp³-hybridized carbons (Fsp3) is 0.350. The molecular weight excluding hydrogens is 305 g/mol. The van der Waals surface area contributed by atoms with Crippen LogP contribution in [-0.4, -0.2) is 30.1 Å². The van der Waals surface area contributed by atoms with Crippen LogP contribution in [0.2, 0.25) is 0 Å². The Bertz CT molecular complexity index is 710. The Kier molecular flexibility index (Phi) is 5.26. The molecule has 2 aromatic carbocycles. The molecule has 1 atom stereocenters. The molecule has 0 N–H and O–H groups in total. The number of carbonyl (C=O) groups is 1. The lowest BCUT2D eigenvalue weighted by atomic mass is 10.1. The van der Waals surface area contributed by atoms with Gasteiger partial charge in [-0.2, -0.15) is 0 Å². The average molecular weight is 327 g/mol. The predicted molar refractivity (Wildman–Crippen MR) is 91.3 cm³/mol. The van der Waals surface area contributed by atoms with Gasteiger partial charge in [0.05, 0.1) is 6.10 Å². The first-order valence-electron chi connectivity index (χ1n) is 8.34. The molecule has 4 heteroatoms. The second-order valence-corrected chi connectivity index (χ2v) is 6.28. The molecule has 1 saturated heterocycles. The molecule has 1 unspecified atom stereocenters. The van der Waals surface area contributed by atoms with E-state index in [2.05, 4.69) is 0 Å². The van der Waals surface area contributed by atoms with Gasteiger partial charge in [-0.1, -0.05) is 35.9 Å². The van der Waals surface area contributed by atoms with Gasteiger partial charge in [-0.15, -0.1) is 0 Å². The minimum absolute atomic E-state index is 0.0329. The molecule has 0 bridgehead atoms. The number of aryl methyl sites for hydroxylation is 1. The number of halogens is 1. The van der Waals surface area contributed by atoms with Crippen LogP contribution >= 0.6 is 0 Å². The van der Waals surface area contributed by atoms with Crippen LogP contribution in [0.5, 0.6) is 0 Å². The molecule has 3 rings (SSSR count). The van der Waals surface area contributed by atoms with Gasteiger partial charge >= 0.3 is 0 Å². The van der Waals surface area contributed by atoms with E-state index >= 15 is 0 Å². The molecule has 0 aromatic heterocycles. The van der Waals surface area contributed by atoms with Crippen LogP contribution in [0, 0.1) is 12.7 Å². The normalized spacial score (nSPS) is 17.0. The van der Waals surface area contributed by atoms with Crippen molar-refractivity contribution in [3.8, 4) is 0 Å². The summed E-state index contributed by atoms with van der Waals surface area (Å²) in [5, 5.41) is 0. The van der Waals surface area contributed by atoms with Crippen LogP contribution < -0.4 is 0 Å². The first-order chi connectivity index (χ1) is 11.6. The van der Waals surface area contributed by atoms with E-state index in [1.165, 1.54) is 6.07 Å². The van der Waals surface area contributed by atoms with Crippen molar-refractivity contribution in [2.24, 2.45) is 0 Å². The van der Waals surface area contributed by atoms with Crippen LogP contribution in [0.3, 0.4) is 0 Å². The second-order valence-electron chi connectivity index (χ2n) is 6.28. The number of nitrogens with zero attached hydrogens (tertiary/aromatic N) is 1. The molecule has 24 heavy (non-hydrogen) atoms. The van der Waals surface area contributed by atoms with E-state index in [0.29, 0.717) is 17.7 Å². The number of hydrogen-bond acceptors (Lipinski definition) is 2. The Morgan fingerprint density at radius 2 is 2.08 bits per heavy atom. The van der Waals surface area contributed by atoms with Crippen molar-refractivity contribution in [3.05, 3.63) is 71.0 Å². The smallest absolute Gasteiger partial charge is 0.254 e. The summed E-state index contributed by atoms with van der Waals surface area (Å²) in [6, 6.07) is 14.1. The molecule has 0 radical (unpaired) electrons. The first-order valence-corrected chi connectivity index (χ1v) is 8.34. The van der Waals surface area contributed by atoms with Gasteiger partial charge in [0.1, 0.15) is 5.82 Å². The van der Waals surface area contributed by atoms with Crippen molar-refractivity contribution in [1.29, 1.82) is 0 Å². The molecule has 2 aromatic rings. The fourth-order valence-electron chi connectivity index (χ4n) is 3.05. The molecule has 0 spiro atoms. The Hall–Kier alpha value is -2.20. The first kappa shape index (κ1) is 16.7. The monoisotopic (exact) mass is 327 g/mol. The molecule has 1 amide bonds. The molecule has 1 aliphatic rings. The summed E-state index contributed by atoms with van der Waals surface area (Å²) in [4.78, 5) is 14.6. The zero-order chi connectivity index (χ0) is 16.9. The maximum atomic E-state index is 14.0. The highest BCUT2D eigenvalue weighted by Crippen LogP contribution is 2.19. The van der Waals surface area contributed by atoms with Crippen LogP contribution in [0.1, 0.15) is 34.3 Å². The van der Waals surface area contributed by atoms with Crippen LogP contribution in [0.15, 0.2) is 48.5 Å². The van der Waals surface area contributed by atoms with Crippen molar-refractivity contribution >= 4 is 5.91 Å². The largest absolute Gasteiger partial charge is 0.376 e. The highest BCUT2D eigenvalue weighted by Gasteiger charge is 2.24. The van der Waals surface area contributed by atoms with E-state index in [9.17, 15) is 9.18 Å². The lowest BCUT2D eigenvalue weighted by molar-refractivity contribution is 0.0505. The number of amides is 1. The summed E-state index contributed by atoms with van der Waals surface area (Å²) in [5.74, 6) is -0.371. The zero-order valence-corrected chi connectivity index (χ0v) is 13.9. The number of carbonyl (C=O) groups excluding carboxylic acids is 1. The minimum Gasteiger partial charge on any atom is -0.376 e. The van der Waals surface area contributed by atoms with E-state index in [0.717, 1.165) is 25.0 Å². The molecule has 126 valence electrons. The molecule has 0 saturated carbocycles. The number of ether oxygens (including phenoxy) is 1. The molecule has 1 fully saturated rings. The van der Waals surface area contributed by atoms with E-state index < -0.39 is 0 Å². The van der Waals surface area contributed by atoms with Gasteiger partial charge < -0.3 is 9.64 Å². The predicted octanol–water partition coefficient (Wildman–Crippen LogP) is 3.96. The third kappa shape index (κ3) is 4.01. The second kappa shape index (κ2) is 7.58. The Balaban J connectivity index is 1.83. The van der Waals surface area contributed by atoms with Crippen molar-refractivity contribution in [2.75, 3.05) is 13.2 Å². The fourth-order valence-corrected chi connectivity index (χ4v) is 3.05.